The Morgan fingerprint density at radius 2 is 2.00 bits per heavy atom. The quantitative estimate of drug-likeness (QED) is 0.716. The number of rotatable bonds is 1. The minimum Gasteiger partial charge on any atom is -0.197 e. The van der Waals surface area contributed by atoms with Gasteiger partial charge >= 0.3 is 0 Å². The molecule has 0 unspecified atom stereocenters. The number of benzene rings is 1. The van der Waals surface area contributed by atoms with Crippen molar-refractivity contribution in [3.63, 3.8) is 0 Å². The molecule has 0 saturated heterocycles. The van der Waals surface area contributed by atoms with E-state index in [9.17, 15) is 0 Å². The number of hydrogen-bond acceptors (Lipinski definition) is 1. The third-order valence-corrected chi connectivity index (χ3v) is 3.04. The van der Waals surface area contributed by atoms with Gasteiger partial charge < -0.3 is 0 Å². The highest BCUT2D eigenvalue weighted by molar-refractivity contribution is 9.10. The van der Waals surface area contributed by atoms with Crippen molar-refractivity contribution in [3.8, 4) is 6.07 Å². The summed E-state index contributed by atoms with van der Waals surface area (Å²) in [4.78, 5) is 0. The monoisotopic (exact) mass is 221 g/mol. The molecule has 60 valence electrons. The predicted octanol–water partition coefficient (Wildman–Crippen LogP) is 3.00. The Bertz CT molecular complexity index is 347. The van der Waals surface area contributed by atoms with E-state index in [1.165, 1.54) is 0 Å². The van der Waals surface area contributed by atoms with Gasteiger partial charge in [0, 0.05) is 4.47 Å². The SMILES string of the molecule is N#CC1(c2ccccc2Br)CC1. The molecule has 1 aromatic carbocycles. The van der Waals surface area contributed by atoms with E-state index in [1.54, 1.807) is 0 Å². The van der Waals surface area contributed by atoms with Crippen molar-refractivity contribution in [1.82, 2.24) is 0 Å². The van der Waals surface area contributed by atoms with Gasteiger partial charge in [-0.2, -0.15) is 5.26 Å². The second kappa shape index (κ2) is 2.60. The lowest BCUT2D eigenvalue weighted by atomic mass is 9.98. The normalized spacial score (nSPS) is 18.3. The maximum Gasteiger partial charge on any atom is 0.0834 e. The van der Waals surface area contributed by atoms with E-state index in [1.807, 2.05) is 24.3 Å². The van der Waals surface area contributed by atoms with Crippen LogP contribution in [0.15, 0.2) is 28.7 Å². The molecule has 1 aliphatic carbocycles. The van der Waals surface area contributed by atoms with E-state index in [2.05, 4.69) is 22.0 Å². The van der Waals surface area contributed by atoms with Gasteiger partial charge in [0.15, 0.2) is 0 Å². The average Bonchev–Trinajstić information content (AvgIpc) is 2.86. The Kier molecular flexibility index (Phi) is 1.69. The first-order chi connectivity index (χ1) is 5.78. The molecule has 0 atom stereocenters. The molecule has 0 heterocycles. The summed E-state index contributed by atoms with van der Waals surface area (Å²) in [5.74, 6) is 0. The van der Waals surface area contributed by atoms with Crippen LogP contribution in [-0.4, -0.2) is 0 Å². The van der Waals surface area contributed by atoms with Crippen LogP contribution >= 0.6 is 15.9 Å². The molecule has 0 N–H and O–H groups in total. The third kappa shape index (κ3) is 1.05. The minimum atomic E-state index is -0.167. The van der Waals surface area contributed by atoms with Gasteiger partial charge in [0.1, 0.15) is 0 Å². The number of hydrogen-bond donors (Lipinski definition) is 0. The molecule has 0 aromatic heterocycles. The van der Waals surface area contributed by atoms with E-state index in [0.29, 0.717) is 0 Å². The zero-order chi connectivity index (χ0) is 8.60. The largest absolute Gasteiger partial charge is 0.197 e. The van der Waals surface area contributed by atoms with Crippen LogP contribution in [0.2, 0.25) is 0 Å². The van der Waals surface area contributed by atoms with Gasteiger partial charge in [0.25, 0.3) is 0 Å². The molecule has 2 rings (SSSR count). The highest BCUT2D eigenvalue weighted by Crippen LogP contribution is 2.49. The molecule has 1 nitrogen and oxygen atoms in total. The number of nitrogens with zero attached hydrogens (tertiary/aromatic N) is 1. The van der Waals surface area contributed by atoms with Crippen molar-refractivity contribution >= 4 is 15.9 Å². The summed E-state index contributed by atoms with van der Waals surface area (Å²) in [5, 5.41) is 8.96. The highest BCUT2D eigenvalue weighted by Gasteiger charge is 2.45. The van der Waals surface area contributed by atoms with Gasteiger partial charge in [0.2, 0.25) is 0 Å². The maximum atomic E-state index is 8.96. The van der Waals surface area contributed by atoms with E-state index < -0.39 is 0 Å². The summed E-state index contributed by atoms with van der Waals surface area (Å²) in [6, 6.07) is 10.4. The van der Waals surface area contributed by atoms with Crippen molar-refractivity contribution in [3.05, 3.63) is 34.3 Å². The van der Waals surface area contributed by atoms with Gasteiger partial charge in [-0.15, -0.1) is 0 Å². The second-order valence-corrected chi connectivity index (χ2v) is 4.03. The fourth-order valence-electron chi connectivity index (χ4n) is 1.42. The lowest BCUT2D eigenvalue weighted by Crippen LogP contribution is -2.02. The standard InChI is InChI=1S/C10H8BrN/c11-9-4-2-1-3-8(9)10(7-12)5-6-10/h1-4H,5-6H2. The van der Waals surface area contributed by atoms with Crippen LogP contribution in [0.25, 0.3) is 0 Å². The van der Waals surface area contributed by atoms with Crippen molar-refractivity contribution in [1.29, 1.82) is 5.26 Å². The molecule has 1 fully saturated rings. The zero-order valence-corrected chi connectivity index (χ0v) is 8.13. The van der Waals surface area contributed by atoms with E-state index >= 15 is 0 Å². The van der Waals surface area contributed by atoms with Crippen molar-refractivity contribution in [2.45, 2.75) is 18.3 Å². The van der Waals surface area contributed by atoms with Crippen LogP contribution in [0.1, 0.15) is 18.4 Å². The molecule has 1 aromatic rings. The van der Waals surface area contributed by atoms with Crippen LogP contribution in [-0.2, 0) is 5.41 Å². The summed E-state index contributed by atoms with van der Waals surface area (Å²) in [5.41, 5.74) is 0.979. The molecule has 2 heteroatoms. The Morgan fingerprint density at radius 3 is 2.50 bits per heavy atom. The van der Waals surface area contributed by atoms with Gasteiger partial charge in [-0.25, -0.2) is 0 Å². The molecule has 0 radical (unpaired) electrons. The number of halogens is 1. The summed E-state index contributed by atoms with van der Waals surface area (Å²) >= 11 is 3.46. The smallest absolute Gasteiger partial charge is 0.0834 e. The maximum absolute atomic E-state index is 8.96. The first-order valence-electron chi connectivity index (χ1n) is 3.95. The Morgan fingerprint density at radius 1 is 1.33 bits per heavy atom. The first-order valence-corrected chi connectivity index (χ1v) is 4.74. The summed E-state index contributed by atoms with van der Waals surface area (Å²) in [7, 11) is 0. The number of nitriles is 1. The molecule has 0 amide bonds. The summed E-state index contributed by atoms with van der Waals surface area (Å²) in [6.45, 7) is 0. The molecular formula is C10H8BrN. The van der Waals surface area contributed by atoms with Crippen LogP contribution in [0.3, 0.4) is 0 Å². The molecule has 1 aliphatic rings. The van der Waals surface area contributed by atoms with Gasteiger partial charge in [0.05, 0.1) is 11.5 Å². The van der Waals surface area contributed by atoms with Gasteiger partial charge in [-0.3, -0.25) is 0 Å². The Balaban J connectivity index is 2.48. The highest BCUT2D eigenvalue weighted by atomic mass is 79.9. The molecule has 0 bridgehead atoms. The first kappa shape index (κ1) is 7.82. The molecule has 0 aliphatic heterocycles. The van der Waals surface area contributed by atoms with E-state index in [4.69, 9.17) is 5.26 Å². The Hall–Kier alpha value is -0.810. The van der Waals surface area contributed by atoms with Crippen LogP contribution in [0.4, 0.5) is 0 Å². The third-order valence-electron chi connectivity index (χ3n) is 2.35. The van der Waals surface area contributed by atoms with Gasteiger partial charge in [-0.05, 0) is 24.5 Å². The lowest BCUT2D eigenvalue weighted by Gasteiger charge is -2.07. The molecule has 0 spiro atoms. The Labute approximate surface area is 80.1 Å². The van der Waals surface area contributed by atoms with Crippen molar-refractivity contribution in [2.24, 2.45) is 0 Å². The topological polar surface area (TPSA) is 23.8 Å². The summed E-state index contributed by atoms with van der Waals surface area (Å²) in [6.07, 6.45) is 2.01. The van der Waals surface area contributed by atoms with E-state index in [0.717, 1.165) is 22.9 Å². The van der Waals surface area contributed by atoms with E-state index in [-0.39, 0.29) is 5.41 Å². The zero-order valence-electron chi connectivity index (χ0n) is 6.55. The molecular weight excluding hydrogens is 214 g/mol. The second-order valence-electron chi connectivity index (χ2n) is 3.17. The lowest BCUT2D eigenvalue weighted by molar-refractivity contribution is 0.901. The fraction of sp³-hybridized carbons (Fsp3) is 0.300. The van der Waals surface area contributed by atoms with Crippen LogP contribution < -0.4 is 0 Å². The van der Waals surface area contributed by atoms with Crippen LogP contribution in [0, 0.1) is 11.3 Å². The van der Waals surface area contributed by atoms with Crippen molar-refractivity contribution < 1.29 is 0 Å². The molecule has 1 saturated carbocycles. The molecule has 12 heavy (non-hydrogen) atoms. The predicted molar refractivity (Wildman–Crippen MR) is 50.7 cm³/mol. The van der Waals surface area contributed by atoms with Crippen molar-refractivity contribution in [2.75, 3.05) is 0 Å². The fourth-order valence-corrected chi connectivity index (χ4v) is 2.08. The van der Waals surface area contributed by atoms with Crippen LogP contribution in [0.5, 0.6) is 0 Å². The average molecular weight is 222 g/mol. The minimum absolute atomic E-state index is 0.167. The van der Waals surface area contributed by atoms with Gasteiger partial charge in [-0.1, -0.05) is 34.1 Å². The summed E-state index contributed by atoms with van der Waals surface area (Å²) < 4.78 is 1.06.